The van der Waals surface area contributed by atoms with Crippen LogP contribution in [0.4, 0.5) is 5.69 Å². The maximum absolute atomic E-state index is 13.4. The molecule has 3 aliphatic rings. The van der Waals surface area contributed by atoms with Crippen LogP contribution in [-0.4, -0.2) is 85.3 Å². The highest BCUT2D eigenvalue weighted by Gasteiger charge is 2.41. The lowest BCUT2D eigenvalue weighted by Crippen LogP contribution is -2.50. The lowest BCUT2D eigenvalue weighted by atomic mass is 10.1. The molecule has 8 nitrogen and oxygen atoms in total. The number of hydrazone groups is 1. The molecular formula is C21H30ClN5O3. The average Bonchev–Trinajstić information content (AvgIpc) is 3.43. The minimum atomic E-state index is -0.501. The Labute approximate surface area is 183 Å². The van der Waals surface area contributed by atoms with E-state index < -0.39 is 12.0 Å². The second-order valence-corrected chi connectivity index (χ2v) is 7.68. The third kappa shape index (κ3) is 4.77. The van der Waals surface area contributed by atoms with E-state index in [0.29, 0.717) is 18.4 Å². The molecule has 0 radical (unpaired) electrons. The van der Waals surface area contributed by atoms with E-state index in [-0.39, 0.29) is 24.7 Å². The summed E-state index contributed by atoms with van der Waals surface area (Å²) >= 11 is 0. The Morgan fingerprint density at radius 2 is 1.90 bits per heavy atom. The fourth-order valence-electron chi connectivity index (χ4n) is 4.36. The van der Waals surface area contributed by atoms with E-state index in [1.54, 1.807) is 11.9 Å². The molecule has 0 bridgehead atoms. The number of rotatable bonds is 5. The fourth-order valence-corrected chi connectivity index (χ4v) is 4.36. The molecule has 0 aliphatic carbocycles. The molecule has 164 valence electrons. The van der Waals surface area contributed by atoms with Gasteiger partial charge in [0, 0.05) is 51.7 Å². The van der Waals surface area contributed by atoms with Crippen LogP contribution in [-0.2, 0) is 14.3 Å². The first-order chi connectivity index (χ1) is 14.2. The second kappa shape index (κ2) is 10.2. The number of para-hydroxylation sites is 1. The number of piperazine rings is 1. The van der Waals surface area contributed by atoms with E-state index in [1.165, 1.54) is 0 Å². The molecule has 3 heterocycles. The van der Waals surface area contributed by atoms with E-state index in [0.717, 1.165) is 51.4 Å². The monoisotopic (exact) mass is 435 g/mol. The van der Waals surface area contributed by atoms with Crippen LogP contribution in [0.1, 0.15) is 19.8 Å². The van der Waals surface area contributed by atoms with Gasteiger partial charge in [-0.1, -0.05) is 18.2 Å². The normalized spacial score (nSPS) is 24.4. The van der Waals surface area contributed by atoms with Gasteiger partial charge in [-0.05, 0) is 25.5 Å². The summed E-state index contributed by atoms with van der Waals surface area (Å²) < 4.78 is 5.13. The minimum absolute atomic E-state index is 0. The predicted octanol–water partition coefficient (Wildman–Crippen LogP) is 1.11. The Morgan fingerprint density at radius 1 is 1.17 bits per heavy atom. The number of halogens is 1. The molecule has 0 saturated carbocycles. The van der Waals surface area contributed by atoms with Gasteiger partial charge < -0.3 is 15.0 Å². The first kappa shape index (κ1) is 22.5. The van der Waals surface area contributed by atoms with Crippen LogP contribution in [0.2, 0.25) is 0 Å². The van der Waals surface area contributed by atoms with Crippen LogP contribution in [0.15, 0.2) is 35.4 Å². The van der Waals surface area contributed by atoms with E-state index in [9.17, 15) is 9.59 Å². The zero-order chi connectivity index (χ0) is 20.2. The van der Waals surface area contributed by atoms with Gasteiger partial charge in [0.05, 0.1) is 12.3 Å². The summed E-state index contributed by atoms with van der Waals surface area (Å²) in [6.07, 6.45) is 1.27. The Morgan fingerprint density at radius 3 is 2.60 bits per heavy atom. The van der Waals surface area contributed by atoms with Crippen molar-refractivity contribution >= 4 is 35.7 Å². The molecule has 2 atom stereocenters. The molecule has 2 unspecified atom stereocenters. The molecule has 4 rings (SSSR count). The summed E-state index contributed by atoms with van der Waals surface area (Å²) in [5.41, 5.74) is 1.12. The van der Waals surface area contributed by atoms with Crippen LogP contribution in [0.5, 0.6) is 0 Å². The molecule has 9 heteroatoms. The Balaban J connectivity index is 0.00000256. The molecule has 1 N–H and O–H groups in total. The van der Waals surface area contributed by atoms with Gasteiger partial charge in [-0.15, -0.1) is 12.4 Å². The summed E-state index contributed by atoms with van der Waals surface area (Å²) in [6.45, 7) is 7.63. The van der Waals surface area contributed by atoms with Gasteiger partial charge in [-0.25, -0.2) is 4.79 Å². The standard InChI is InChI=1S/C21H29N5O3.ClH/c1-2-29-21(28)18-14-19(26(23-18)16-6-4-3-5-7-16)20(27)25-11-8-17(15-25)24-12-9-22-10-13-24;/h3-7,17,19,22H,2,8-15H2,1H3;1H. The van der Waals surface area contributed by atoms with E-state index in [1.807, 2.05) is 35.2 Å². The van der Waals surface area contributed by atoms with Crippen molar-refractivity contribution in [3.63, 3.8) is 0 Å². The third-order valence-electron chi connectivity index (χ3n) is 5.87. The topological polar surface area (TPSA) is 77.5 Å². The van der Waals surface area contributed by atoms with Crippen molar-refractivity contribution in [1.29, 1.82) is 0 Å². The molecule has 30 heavy (non-hydrogen) atoms. The number of esters is 1. The van der Waals surface area contributed by atoms with E-state index in [2.05, 4.69) is 15.3 Å². The van der Waals surface area contributed by atoms with Gasteiger partial charge in [0.15, 0.2) is 0 Å². The van der Waals surface area contributed by atoms with E-state index in [4.69, 9.17) is 4.74 Å². The number of nitrogens with one attached hydrogen (secondary N) is 1. The number of hydrogen-bond donors (Lipinski definition) is 1. The lowest BCUT2D eigenvalue weighted by molar-refractivity contribution is -0.135. The fraction of sp³-hybridized carbons (Fsp3) is 0.571. The Kier molecular flexibility index (Phi) is 7.69. The van der Waals surface area contributed by atoms with Crippen LogP contribution >= 0.6 is 12.4 Å². The number of anilines is 1. The molecule has 1 amide bonds. The highest BCUT2D eigenvalue weighted by atomic mass is 35.5. The van der Waals surface area contributed by atoms with Crippen molar-refractivity contribution in [3.05, 3.63) is 30.3 Å². The number of likely N-dealkylation sites (tertiary alicyclic amines) is 1. The molecule has 1 aromatic rings. The van der Waals surface area contributed by atoms with Crippen molar-refractivity contribution in [2.75, 3.05) is 50.9 Å². The molecule has 2 fully saturated rings. The highest BCUT2D eigenvalue weighted by molar-refractivity contribution is 6.38. The molecule has 2 saturated heterocycles. The largest absolute Gasteiger partial charge is 0.461 e. The van der Waals surface area contributed by atoms with Gasteiger partial charge in [0.25, 0.3) is 0 Å². The Bertz CT molecular complexity index is 769. The summed E-state index contributed by atoms with van der Waals surface area (Å²) in [5.74, 6) is -0.404. The van der Waals surface area contributed by atoms with Crippen molar-refractivity contribution in [3.8, 4) is 0 Å². The smallest absolute Gasteiger partial charge is 0.354 e. The van der Waals surface area contributed by atoms with Crippen LogP contribution < -0.4 is 10.3 Å². The van der Waals surface area contributed by atoms with E-state index >= 15 is 0 Å². The zero-order valence-electron chi connectivity index (χ0n) is 17.3. The SMILES string of the molecule is CCOC(=O)C1=NN(c2ccccc2)C(C(=O)N2CCC(N3CCNCC3)C2)C1.Cl. The van der Waals surface area contributed by atoms with Crippen molar-refractivity contribution < 1.29 is 14.3 Å². The quantitative estimate of drug-likeness (QED) is 0.698. The van der Waals surface area contributed by atoms with Crippen molar-refractivity contribution in [1.82, 2.24) is 15.1 Å². The maximum atomic E-state index is 13.4. The van der Waals surface area contributed by atoms with Gasteiger partial charge in [-0.3, -0.25) is 14.7 Å². The number of ether oxygens (including phenoxy) is 1. The van der Waals surface area contributed by atoms with Crippen LogP contribution in [0.3, 0.4) is 0 Å². The number of hydrogen-bond acceptors (Lipinski definition) is 7. The molecule has 0 aromatic heterocycles. The average molecular weight is 436 g/mol. The predicted molar refractivity (Wildman–Crippen MR) is 118 cm³/mol. The number of amides is 1. The van der Waals surface area contributed by atoms with Gasteiger partial charge in [0.1, 0.15) is 11.8 Å². The highest BCUT2D eigenvalue weighted by Crippen LogP contribution is 2.28. The molecule has 3 aliphatic heterocycles. The lowest BCUT2D eigenvalue weighted by Gasteiger charge is -2.33. The first-order valence-electron chi connectivity index (χ1n) is 10.5. The first-order valence-corrected chi connectivity index (χ1v) is 10.5. The maximum Gasteiger partial charge on any atom is 0.354 e. The molecule has 1 aromatic carbocycles. The summed E-state index contributed by atoms with van der Waals surface area (Å²) in [5, 5.41) is 9.53. The van der Waals surface area contributed by atoms with Gasteiger partial charge in [0.2, 0.25) is 5.91 Å². The number of benzene rings is 1. The van der Waals surface area contributed by atoms with Crippen LogP contribution in [0.25, 0.3) is 0 Å². The molecule has 0 spiro atoms. The van der Waals surface area contributed by atoms with Gasteiger partial charge in [-0.2, -0.15) is 5.10 Å². The number of nitrogens with zero attached hydrogens (tertiary/aromatic N) is 4. The zero-order valence-corrected chi connectivity index (χ0v) is 18.1. The third-order valence-corrected chi connectivity index (χ3v) is 5.87. The van der Waals surface area contributed by atoms with Crippen molar-refractivity contribution in [2.45, 2.75) is 31.8 Å². The summed E-state index contributed by atoms with van der Waals surface area (Å²) in [7, 11) is 0. The Hall–Kier alpha value is -2.16. The van der Waals surface area contributed by atoms with Crippen LogP contribution in [0, 0.1) is 0 Å². The number of carbonyl (C=O) groups is 2. The summed E-state index contributed by atoms with van der Waals surface area (Å²) in [4.78, 5) is 30.1. The second-order valence-electron chi connectivity index (χ2n) is 7.68. The summed E-state index contributed by atoms with van der Waals surface area (Å²) in [6, 6.07) is 9.47. The van der Waals surface area contributed by atoms with Gasteiger partial charge >= 0.3 is 5.97 Å². The van der Waals surface area contributed by atoms with Crippen molar-refractivity contribution in [2.24, 2.45) is 5.10 Å². The number of carbonyl (C=O) groups excluding carboxylic acids is 2. The molecular weight excluding hydrogens is 406 g/mol. The minimum Gasteiger partial charge on any atom is -0.461 e.